The van der Waals surface area contributed by atoms with Crippen LogP contribution in [0.1, 0.15) is 65.1 Å². The van der Waals surface area contributed by atoms with E-state index in [1.54, 1.807) is 24.3 Å². The molecular formula is C29H38N4O4S. The number of ether oxygens (including phenoxy) is 1. The normalized spacial score (nSPS) is 17.3. The molecule has 1 amide bonds. The zero-order chi connectivity index (χ0) is 26.9. The van der Waals surface area contributed by atoms with Gasteiger partial charge >= 0.3 is 0 Å². The zero-order valence-corrected chi connectivity index (χ0v) is 23.3. The molecule has 2 aromatic carbocycles. The van der Waals surface area contributed by atoms with Crippen molar-refractivity contribution < 1.29 is 17.9 Å². The van der Waals surface area contributed by atoms with Gasteiger partial charge in [-0.1, -0.05) is 27.2 Å². The molecule has 1 aliphatic heterocycles. The molecule has 0 unspecified atom stereocenters. The third kappa shape index (κ3) is 6.04. The first-order chi connectivity index (χ1) is 18.1. The fourth-order valence-electron chi connectivity index (χ4n) is 5.24. The lowest BCUT2D eigenvalue weighted by molar-refractivity contribution is -0.117. The summed E-state index contributed by atoms with van der Waals surface area (Å²) in [5, 5.41) is 2.87. The lowest BCUT2D eigenvalue weighted by atomic mass is 9.83. The SMILES string of the molecule is CC(C)(C)c1nc2cc(NS(=O)(=O)c3ccc(NC(=O)CC4CCC4)cc3)ccc2n1CC1CCOCC1. The second-order valence-corrected chi connectivity index (χ2v) is 13.4. The largest absolute Gasteiger partial charge is 0.381 e. The number of benzene rings is 2. The Balaban J connectivity index is 1.32. The molecular weight excluding hydrogens is 500 g/mol. The monoisotopic (exact) mass is 538 g/mol. The van der Waals surface area contributed by atoms with Crippen LogP contribution >= 0.6 is 0 Å². The summed E-state index contributed by atoms with van der Waals surface area (Å²) in [5.74, 6) is 1.98. The van der Waals surface area contributed by atoms with Crippen molar-refractivity contribution in [1.82, 2.24) is 9.55 Å². The van der Waals surface area contributed by atoms with Crippen molar-refractivity contribution in [1.29, 1.82) is 0 Å². The van der Waals surface area contributed by atoms with Crippen LogP contribution in [0.25, 0.3) is 11.0 Å². The number of amides is 1. The van der Waals surface area contributed by atoms with E-state index in [9.17, 15) is 13.2 Å². The summed E-state index contributed by atoms with van der Waals surface area (Å²) in [4.78, 5) is 17.3. The molecule has 204 valence electrons. The number of hydrogen-bond acceptors (Lipinski definition) is 5. The maximum Gasteiger partial charge on any atom is 0.261 e. The molecule has 5 rings (SSSR count). The summed E-state index contributed by atoms with van der Waals surface area (Å²) < 4.78 is 36.8. The Morgan fingerprint density at radius 1 is 1.00 bits per heavy atom. The molecule has 1 aromatic heterocycles. The molecule has 3 aromatic rings. The topological polar surface area (TPSA) is 102 Å². The highest BCUT2D eigenvalue weighted by Crippen LogP contribution is 2.32. The van der Waals surface area contributed by atoms with E-state index in [1.807, 2.05) is 6.07 Å². The molecule has 2 fully saturated rings. The van der Waals surface area contributed by atoms with Crippen molar-refractivity contribution in [3.8, 4) is 0 Å². The van der Waals surface area contributed by atoms with Crippen LogP contribution in [0.5, 0.6) is 0 Å². The highest BCUT2D eigenvalue weighted by molar-refractivity contribution is 7.92. The van der Waals surface area contributed by atoms with Gasteiger partial charge in [0, 0.05) is 37.3 Å². The van der Waals surface area contributed by atoms with E-state index in [-0.39, 0.29) is 16.2 Å². The molecule has 1 aliphatic carbocycles. The minimum atomic E-state index is -3.81. The standard InChI is InChI=1S/C29H38N4O4S/c1-29(2,3)28-31-25-18-23(9-12-26(25)33(28)19-21-13-15-37-16-14-21)32-38(35,36)24-10-7-22(8-11-24)30-27(34)17-20-5-4-6-20/h7-12,18,20-21,32H,4-6,13-17,19H2,1-3H3,(H,30,34). The van der Waals surface area contributed by atoms with E-state index in [4.69, 9.17) is 9.72 Å². The van der Waals surface area contributed by atoms with Gasteiger partial charge in [-0.2, -0.15) is 0 Å². The van der Waals surface area contributed by atoms with E-state index in [1.165, 1.54) is 18.6 Å². The quantitative estimate of drug-likeness (QED) is 0.384. The average molecular weight is 539 g/mol. The average Bonchev–Trinajstić information content (AvgIpc) is 3.20. The van der Waals surface area contributed by atoms with Gasteiger partial charge in [0.25, 0.3) is 10.0 Å². The molecule has 2 heterocycles. The summed E-state index contributed by atoms with van der Waals surface area (Å²) in [6.45, 7) is 8.91. The van der Waals surface area contributed by atoms with E-state index in [2.05, 4.69) is 35.4 Å². The summed E-state index contributed by atoms with van der Waals surface area (Å²) in [5.41, 5.74) is 2.68. The van der Waals surface area contributed by atoms with Crippen molar-refractivity contribution >= 4 is 38.3 Å². The fraction of sp³-hybridized carbons (Fsp3) is 0.517. The van der Waals surface area contributed by atoms with Crippen molar-refractivity contribution in [2.24, 2.45) is 11.8 Å². The Labute approximate surface area is 225 Å². The molecule has 9 heteroatoms. The van der Waals surface area contributed by atoms with Crippen molar-refractivity contribution in [2.75, 3.05) is 23.3 Å². The Kier molecular flexibility index (Phi) is 7.51. The minimum absolute atomic E-state index is 0.0254. The van der Waals surface area contributed by atoms with Gasteiger partial charge in [0.15, 0.2) is 0 Å². The molecule has 0 radical (unpaired) electrons. The van der Waals surface area contributed by atoms with E-state index in [0.29, 0.717) is 29.6 Å². The fourth-order valence-corrected chi connectivity index (χ4v) is 6.29. The molecule has 38 heavy (non-hydrogen) atoms. The Bertz CT molecular complexity index is 1400. The number of nitrogens with one attached hydrogen (secondary N) is 2. The van der Waals surface area contributed by atoms with Crippen LogP contribution in [-0.4, -0.2) is 37.1 Å². The highest BCUT2D eigenvalue weighted by atomic mass is 32.2. The van der Waals surface area contributed by atoms with Crippen molar-refractivity contribution in [3.63, 3.8) is 0 Å². The molecule has 2 aliphatic rings. The molecule has 0 spiro atoms. The predicted octanol–water partition coefficient (Wildman–Crippen LogP) is 5.69. The first-order valence-corrected chi connectivity index (χ1v) is 15.1. The number of carbonyl (C=O) groups excluding carboxylic acids is 1. The summed E-state index contributed by atoms with van der Waals surface area (Å²) in [6.07, 6.45) is 5.99. The van der Waals surface area contributed by atoms with E-state index >= 15 is 0 Å². The van der Waals surface area contributed by atoms with Crippen LogP contribution in [0.2, 0.25) is 0 Å². The highest BCUT2D eigenvalue weighted by Gasteiger charge is 2.26. The second-order valence-electron chi connectivity index (χ2n) is 11.7. The lowest BCUT2D eigenvalue weighted by Crippen LogP contribution is -2.25. The van der Waals surface area contributed by atoms with Crippen LogP contribution in [0.15, 0.2) is 47.4 Å². The number of carbonyl (C=O) groups is 1. The third-order valence-corrected chi connectivity index (χ3v) is 9.00. The molecule has 1 saturated carbocycles. The molecule has 1 saturated heterocycles. The number of nitrogens with zero attached hydrogens (tertiary/aromatic N) is 2. The van der Waals surface area contributed by atoms with Gasteiger partial charge in [-0.15, -0.1) is 0 Å². The summed E-state index contributed by atoms with van der Waals surface area (Å²) in [6, 6.07) is 11.8. The number of aromatic nitrogens is 2. The van der Waals surface area contributed by atoms with E-state index < -0.39 is 10.0 Å². The Morgan fingerprint density at radius 2 is 1.68 bits per heavy atom. The number of sulfonamides is 1. The van der Waals surface area contributed by atoms with Gasteiger partial charge in [0.05, 0.1) is 21.6 Å². The van der Waals surface area contributed by atoms with Crippen molar-refractivity contribution in [2.45, 2.75) is 76.2 Å². The molecule has 2 N–H and O–H groups in total. The Morgan fingerprint density at radius 3 is 2.32 bits per heavy atom. The van der Waals surface area contributed by atoms with Crippen LogP contribution < -0.4 is 10.0 Å². The van der Waals surface area contributed by atoms with Gasteiger partial charge in [-0.3, -0.25) is 9.52 Å². The summed E-state index contributed by atoms with van der Waals surface area (Å²) >= 11 is 0. The maximum absolute atomic E-state index is 13.1. The number of rotatable bonds is 8. The number of hydrogen-bond donors (Lipinski definition) is 2. The van der Waals surface area contributed by atoms with Gasteiger partial charge in [-0.05, 0) is 80.0 Å². The third-order valence-electron chi connectivity index (χ3n) is 7.60. The van der Waals surface area contributed by atoms with Crippen LogP contribution in [0.3, 0.4) is 0 Å². The van der Waals surface area contributed by atoms with Gasteiger partial charge in [-0.25, -0.2) is 13.4 Å². The van der Waals surface area contributed by atoms with E-state index in [0.717, 1.165) is 62.3 Å². The van der Waals surface area contributed by atoms with Crippen molar-refractivity contribution in [3.05, 3.63) is 48.3 Å². The summed E-state index contributed by atoms with van der Waals surface area (Å²) in [7, 11) is -3.81. The molecule has 0 atom stereocenters. The first-order valence-electron chi connectivity index (χ1n) is 13.6. The van der Waals surface area contributed by atoms with Gasteiger partial charge in [0.2, 0.25) is 5.91 Å². The smallest absolute Gasteiger partial charge is 0.261 e. The molecule has 8 nitrogen and oxygen atoms in total. The number of imidazole rings is 1. The lowest BCUT2D eigenvalue weighted by Gasteiger charge is -2.26. The van der Waals surface area contributed by atoms with Crippen LogP contribution in [0, 0.1) is 11.8 Å². The van der Waals surface area contributed by atoms with Gasteiger partial charge in [0.1, 0.15) is 5.82 Å². The number of anilines is 2. The van der Waals surface area contributed by atoms with Gasteiger partial charge < -0.3 is 14.6 Å². The Hall–Kier alpha value is -2.91. The molecule has 0 bridgehead atoms. The zero-order valence-electron chi connectivity index (χ0n) is 22.5. The van der Waals surface area contributed by atoms with Crippen LogP contribution in [-0.2, 0) is 31.5 Å². The second kappa shape index (κ2) is 10.7. The van der Waals surface area contributed by atoms with Crippen LogP contribution in [0.4, 0.5) is 11.4 Å². The maximum atomic E-state index is 13.1. The number of fused-ring (bicyclic) bond motifs is 1. The first kappa shape index (κ1) is 26.7. The predicted molar refractivity (Wildman–Crippen MR) is 150 cm³/mol. The minimum Gasteiger partial charge on any atom is -0.381 e.